The molecule has 152 valence electrons. The number of halogens is 1. The van der Waals surface area contributed by atoms with Gasteiger partial charge in [0, 0.05) is 30.7 Å². The van der Waals surface area contributed by atoms with Gasteiger partial charge in [-0.1, -0.05) is 11.6 Å². The second kappa shape index (κ2) is 8.41. The van der Waals surface area contributed by atoms with Crippen molar-refractivity contribution < 1.29 is 18.4 Å². The number of carbonyl (C=O) groups excluding carboxylic acids is 1. The maximum atomic E-state index is 12.7. The Balaban J connectivity index is 1.55. The van der Waals surface area contributed by atoms with Gasteiger partial charge in [0.2, 0.25) is 0 Å². The highest BCUT2D eigenvalue weighted by Crippen LogP contribution is 2.23. The Kier molecular flexibility index (Phi) is 5.71. The molecule has 1 saturated heterocycles. The third-order valence-electron chi connectivity index (χ3n) is 5.05. The van der Waals surface area contributed by atoms with Crippen LogP contribution in [0.25, 0.3) is 11.0 Å². The first kappa shape index (κ1) is 19.7. The minimum atomic E-state index is -0.457. The van der Waals surface area contributed by atoms with E-state index in [1.807, 2.05) is 19.1 Å². The number of ether oxygens (including phenoxy) is 1. The lowest BCUT2D eigenvalue weighted by atomic mass is 10.1. The number of fused-ring (bicyclic) bond motifs is 1. The number of furan rings is 1. The molecule has 1 atom stereocenters. The summed E-state index contributed by atoms with van der Waals surface area (Å²) in [6.07, 6.45) is 1.61. The molecule has 1 fully saturated rings. The van der Waals surface area contributed by atoms with Crippen molar-refractivity contribution in [2.24, 2.45) is 0 Å². The van der Waals surface area contributed by atoms with Gasteiger partial charge in [0.05, 0.1) is 30.9 Å². The van der Waals surface area contributed by atoms with Crippen molar-refractivity contribution in [2.45, 2.75) is 13.0 Å². The largest absolute Gasteiger partial charge is 0.468 e. The van der Waals surface area contributed by atoms with Gasteiger partial charge in [-0.3, -0.25) is 14.5 Å². The molecule has 1 N–H and O–H groups in total. The van der Waals surface area contributed by atoms with Gasteiger partial charge < -0.3 is 18.9 Å². The second-order valence-corrected chi connectivity index (χ2v) is 7.37. The number of aryl methyl sites for hydroxylation is 1. The molecule has 0 aliphatic carbocycles. The van der Waals surface area contributed by atoms with Gasteiger partial charge in [-0.15, -0.1) is 0 Å². The van der Waals surface area contributed by atoms with E-state index in [0.29, 0.717) is 35.8 Å². The van der Waals surface area contributed by atoms with E-state index < -0.39 is 5.91 Å². The molecule has 29 heavy (non-hydrogen) atoms. The van der Waals surface area contributed by atoms with Gasteiger partial charge in [-0.25, -0.2) is 0 Å². The summed E-state index contributed by atoms with van der Waals surface area (Å²) in [7, 11) is 0. The van der Waals surface area contributed by atoms with E-state index in [2.05, 4.69) is 10.2 Å². The number of carbonyl (C=O) groups is 1. The topological polar surface area (TPSA) is 84.9 Å². The summed E-state index contributed by atoms with van der Waals surface area (Å²) in [6, 6.07) is 7.99. The predicted molar refractivity (Wildman–Crippen MR) is 108 cm³/mol. The maximum Gasteiger partial charge on any atom is 0.287 e. The van der Waals surface area contributed by atoms with Crippen LogP contribution in [0.2, 0.25) is 5.02 Å². The Hall–Kier alpha value is -2.61. The molecule has 4 rings (SSSR count). The Morgan fingerprint density at radius 3 is 2.79 bits per heavy atom. The number of rotatable bonds is 5. The van der Waals surface area contributed by atoms with Gasteiger partial charge in [0.15, 0.2) is 11.2 Å². The molecular weight excluding hydrogens is 396 g/mol. The fourth-order valence-corrected chi connectivity index (χ4v) is 3.61. The number of amides is 1. The van der Waals surface area contributed by atoms with Gasteiger partial charge in [-0.05, 0) is 36.8 Å². The SMILES string of the molecule is Cc1cc2oc(C(=O)NCC(c3ccco3)N3CCOCC3)cc(=O)c2cc1Cl. The minimum absolute atomic E-state index is 0.0376. The Bertz CT molecular complexity index is 1070. The van der Waals surface area contributed by atoms with Gasteiger partial charge >= 0.3 is 0 Å². The molecule has 1 unspecified atom stereocenters. The van der Waals surface area contributed by atoms with Crippen LogP contribution < -0.4 is 10.7 Å². The van der Waals surface area contributed by atoms with E-state index in [4.69, 9.17) is 25.2 Å². The molecule has 2 aromatic heterocycles. The summed E-state index contributed by atoms with van der Waals surface area (Å²) in [5.74, 6) is 0.267. The van der Waals surface area contributed by atoms with Crippen molar-refractivity contribution in [1.82, 2.24) is 10.2 Å². The lowest BCUT2D eigenvalue weighted by molar-refractivity contribution is 0.0117. The lowest BCUT2D eigenvalue weighted by Crippen LogP contribution is -2.43. The summed E-state index contributed by atoms with van der Waals surface area (Å²) in [6.45, 7) is 4.87. The number of hydrogen-bond donors (Lipinski definition) is 1. The van der Waals surface area contributed by atoms with Crippen LogP contribution in [0.3, 0.4) is 0 Å². The number of nitrogens with one attached hydrogen (secondary N) is 1. The second-order valence-electron chi connectivity index (χ2n) is 6.96. The zero-order chi connectivity index (χ0) is 20.4. The molecule has 0 radical (unpaired) electrons. The number of hydrogen-bond acceptors (Lipinski definition) is 6. The first-order valence-electron chi connectivity index (χ1n) is 9.40. The number of benzene rings is 1. The highest BCUT2D eigenvalue weighted by molar-refractivity contribution is 6.32. The highest BCUT2D eigenvalue weighted by atomic mass is 35.5. The molecule has 0 bridgehead atoms. The molecular formula is C21H21ClN2O5. The average molecular weight is 417 g/mol. The third kappa shape index (κ3) is 4.22. The minimum Gasteiger partial charge on any atom is -0.468 e. The lowest BCUT2D eigenvalue weighted by Gasteiger charge is -2.33. The molecule has 1 amide bonds. The first-order chi connectivity index (χ1) is 14.0. The molecule has 1 aromatic carbocycles. The van der Waals surface area contributed by atoms with Crippen molar-refractivity contribution in [2.75, 3.05) is 32.8 Å². The van der Waals surface area contributed by atoms with Crippen LogP contribution in [0.5, 0.6) is 0 Å². The molecule has 0 saturated carbocycles. The molecule has 0 spiro atoms. The predicted octanol–water partition coefficient (Wildman–Crippen LogP) is 3.15. The van der Waals surface area contributed by atoms with Crippen LogP contribution >= 0.6 is 11.6 Å². The summed E-state index contributed by atoms with van der Waals surface area (Å²) in [4.78, 5) is 27.3. The fourth-order valence-electron chi connectivity index (χ4n) is 3.44. The quantitative estimate of drug-likeness (QED) is 0.687. The van der Waals surface area contributed by atoms with Crippen LogP contribution in [-0.4, -0.2) is 43.7 Å². The summed E-state index contributed by atoms with van der Waals surface area (Å²) >= 11 is 6.09. The molecule has 7 nitrogen and oxygen atoms in total. The Morgan fingerprint density at radius 2 is 2.07 bits per heavy atom. The van der Waals surface area contributed by atoms with Crippen molar-refractivity contribution in [3.63, 3.8) is 0 Å². The van der Waals surface area contributed by atoms with Crippen molar-refractivity contribution in [3.8, 4) is 0 Å². The van der Waals surface area contributed by atoms with E-state index in [1.54, 1.807) is 18.4 Å². The Labute approximate surface area is 172 Å². The molecule has 3 aromatic rings. The van der Waals surface area contributed by atoms with Crippen molar-refractivity contribution in [3.05, 3.63) is 68.9 Å². The van der Waals surface area contributed by atoms with Crippen LogP contribution in [-0.2, 0) is 4.74 Å². The molecule has 3 heterocycles. The van der Waals surface area contributed by atoms with E-state index in [-0.39, 0.29) is 17.2 Å². The molecule has 1 aliphatic rings. The van der Waals surface area contributed by atoms with Crippen LogP contribution in [0.15, 0.2) is 50.2 Å². The number of nitrogens with zero attached hydrogens (tertiary/aromatic N) is 1. The van der Waals surface area contributed by atoms with Gasteiger partial charge in [-0.2, -0.15) is 0 Å². The van der Waals surface area contributed by atoms with E-state index in [1.165, 1.54) is 6.07 Å². The van der Waals surface area contributed by atoms with Gasteiger partial charge in [0.25, 0.3) is 5.91 Å². The summed E-state index contributed by atoms with van der Waals surface area (Å²) in [5, 5.41) is 3.69. The van der Waals surface area contributed by atoms with Crippen molar-refractivity contribution in [1.29, 1.82) is 0 Å². The summed E-state index contributed by atoms with van der Waals surface area (Å²) < 4.78 is 16.7. The molecule has 8 heteroatoms. The zero-order valence-corrected chi connectivity index (χ0v) is 16.7. The standard InChI is InChI=1S/C21H21ClN2O5/c1-13-9-19-14(10-15(13)22)17(25)11-20(29-19)21(26)23-12-16(18-3-2-6-28-18)24-4-7-27-8-5-24/h2-3,6,9-11,16H,4-5,7-8,12H2,1H3,(H,23,26). The summed E-state index contributed by atoms with van der Waals surface area (Å²) in [5.41, 5.74) is 0.791. The number of morpholine rings is 1. The van der Waals surface area contributed by atoms with Crippen LogP contribution in [0.4, 0.5) is 0 Å². The maximum absolute atomic E-state index is 12.7. The third-order valence-corrected chi connectivity index (χ3v) is 5.45. The zero-order valence-electron chi connectivity index (χ0n) is 15.9. The van der Waals surface area contributed by atoms with Gasteiger partial charge in [0.1, 0.15) is 11.3 Å². The van der Waals surface area contributed by atoms with Crippen LogP contribution in [0.1, 0.15) is 27.9 Å². The van der Waals surface area contributed by atoms with Crippen molar-refractivity contribution >= 4 is 28.5 Å². The first-order valence-corrected chi connectivity index (χ1v) is 9.78. The smallest absolute Gasteiger partial charge is 0.287 e. The van der Waals surface area contributed by atoms with E-state index in [0.717, 1.165) is 24.4 Å². The Morgan fingerprint density at radius 1 is 1.28 bits per heavy atom. The normalized spacial score (nSPS) is 16.1. The fraction of sp³-hybridized carbons (Fsp3) is 0.333. The van der Waals surface area contributed by atoms with E-state index >= 15 is 0 Å². The highest BCUT2D eigenvalue weighted by Gasteiger charge is 2.26. The average Bonchev–Trinajstić information content (AvgIpc) is 3.25. The monoisotopic (exact) mass is 416 g/mol. The molecule has 1 aliphatic heterocycles. The van der Waals surface area contributed by atoms with Crippen LogP contribution in [0, 0.1) is 6.92 Å². The van der Waals surface area contributed by atoms with E-state index in [9.17, 15) is 9.59 Å².